The minimum Gasteiger partial charge on any atom is -0.491 e. The highest BCUT2D eigenvalue weighted by atomic mass is 35.5. The van der Waals surface area contributed by atoms with Crippen molar-refractivity contribution in [3.63, 3.8) is 0 Å². The lowest BCUT2D eigenvalue weighted by atomic mass is 9.87. The summed E-state index contributed by atoms with van der Waals surface area (Å²) in [5, 5.41) is 13.6. The van der Waals surface area contributed by atoms with Crippen molar-refractivity contribution in [2.24, 2.45) is 0 Å². The minimum absolute atomic E-state index is 0.0381. The Bertz CT molecular complexity index is 922. The second-order valence-electron chi connectivity index (χ2n) is 8.72. The molecule has 0 aliphatic carbocycles. The Morgan fingerprint density at radius 3 is 2.27 bits per heavy atom. The number of halogens is 1. The van der Waals surface area contributed by atoms with Gasteiger partial charge in [0.05, 0.1) is 6.54 Å². The summed E-state index contributed by atoms with van der Waals surface area (Å²) < 4.78 is 5.63. The molecule has 0 radical (unpaired) electrons. The molecule has 7 heteroatoms. The van der Waals surface area contributed by atoms with Crippen molar-refractivity contribution < 1.29 is 19.4 Å². The van der Waals surface area contributed by atoms with Gasteiger partial charge in [-0.2, -0.15) is 0 Å². The Kier molecular flexibility index (Phi) is 6.11. The van der Waals surface area contributed by atoms with Gasteiger partial charge < -0.3 is 15.2 Å². The number of carbonyl (C=O) groups excluding carboxylic acids is 2. The monoisotopic (exact) mass is 430 g/mol. The van der Waals surface area contributed by atoms with Crippen LogP contribution in [0.4, 0.5) is 4.79 Å². The first-order valence-electron chi connectivity index (χ1n) is 9.82. The zero-order valence-electron chi connectivity index (χ0n) is 17.6. The van der Waals surface area contributed by atoms with E-state index in [0.29, 0.717) is 16.3 Å². The number of aliphatic hydroxyl groups excluding tert-OH is 1. The van der Waals surface area contributed by atoms with E-state index in [1.54, 1.807) is 31.2 Å². The predicted octanol–water partition coefficient (Wildman–Crippen LogP) is 3.84. The lowest BCUT2D eigenvalue weighted by Gasteiger charge is -2.23. The molecule has 1 heterocycles. The van der Waals surface area contributed by atoms with Gasteiger partial charge in [-0.25, -0.2) is 4.79 Å². The van der Waals surface area contributed by atoms with Crippen molar-refractivity contribution in [2.45, 2.75) is 44.8 Å². The van der Waals surface area contributed by atoms with E-state index in [4.69, 9.17) is 16.3 Å². The van der Waals surface area contributed by atoms with Crippen LogP contribution in [-0.2, 0) is 15.7 Å². The Morgan fingerprint density at radius 1 is 1.10 bits per heavy atom. The first-order valence-corrected chi connectivity index (χ1v) is 10.2. The number of hydrogen-bond acceptors (Lipinski definition) is 4. The number of aliphatic hydroxyl groups is 1. The molecule has 1 aliphatic heterocycles. The van der Waals surface area contributed by atoms with E-state index in [0.717, 1.165) is 4.90 Å². The molecule has 1 saturated heterocycles. The Balaban J connectivity index is 1.61. The Labute approximate surface area is 181 Å². The molecule has 3 rings (SSSR count). The average molecular weight is 431 g/mol. The van der Waals surface area contributed by atoms with Crippen molar-refractivity contribution in [3.8, 4) is 5.75 Å². The van der Waals surface area contributed by atoms with Crippen LogP contribution in [0.2, 0.25) is 5.02 Å². The normalized spacial score (nSPS) is 20.3. The van der Waals surface area contributed by atoms with E-state index in [-0.39, 0.29) is 18.6 Å². The predicted molar refractivity (Wildman–Crippen MR) is 116 cm³/mol. The fraction of sp³-hybridized carbons (Fsp3) is 0.391. The van der Waals surface area contributed by atoms with Crippen LogP contribution in [0, 0.1) is 0 Å². The summed E-state index contributed by atoms with van der Waals surface area (Å²) >= 11 is 5.91. The van der Waals surface area contributed by atoms with Gasteiger partial charge in [-0.15, -0.1) is 0 Å². The van der Waals surface area contributed by atoms with Crippen molar-refractivity contribution in [1.29, 1.82) is 0 Å². The molecule has 6 nitrogen and oxygen atoms in total. The smallest absolute Gasteiger partial charge is 0.325 e. The summed E-state index contributed by atoms with van der Waals surface area (Å²) in [6.07, 6.45) is -1.02. The number of carbonyl (C=O) groups is 2. The first kappa shape index (κ1) is 22.1. The van der Waals surface area contributed by atoms with Crippen LogP contribution in [0.25, 0.3) is 0 Å². The summed E-state index contributed by atoms with van der Waals surface area (Å²) in [6, 6.07) is 13.8. The van der Waals surface area contributed by atoms with Crippen molar-refractivity contribution >= 4 is 23.5 Å². The Hall–Kier alpha value is -2.57. The molecule has 2 aromatic carbocycles. The van der Waals surface area contributed by atoms with E-state index in [1.807, 2.05) is 24.3 Å². The quantitative estimate of drug-likeness (QED) is 0.682. The summed E-state index contributed by atoms with van der Waals surface area (Å²) in [5.41, 5.74) is 0.636. The van der Waals surface area contributed by atoms with Crippen LogP contribution >= 0.6 is 11.6 Å². The molecule has 3 amide bonds. The number of amides is 3. The largest absolute Gasteiger partial charge is 0.491 e. The first-order chi connectivity index (χ1) is 14.0. The van der Waals surface area contributed by atoms with E-state index in [1.165, 1.54) is 5.56 Å². The lowest BCUT2D eigenvalue weighted by Crippen LogP contribution is -2.42. The zero-order chi connectivity index (χ0) is 22.1. The highest BCUT2D eigenvalue weighted by Crippen LogP contribution is 2.30. The van der Waals surface area contributed by atoms with Gasteiger partial charge in [-0.3, -0.25) is 9.69 Å². The highest BCUT2D eigenvalue weighted by Gasteiger charge is 2.49. The molecule has 2 atom stereocenters. The number of rotatable bonds is 6. The lowest BCUT2D eigenvalue weighted by molar-refractivity contribution is -0.132. The molecule has 2 aromatic rings. The molecule has 1 fully saturated rings. The molecule has 2 N–H and O–H groups in total. The maximum atomic E-state index is 12.9. The number of ether oxygens (including phenoxy) is 1. The molecule has 0 spiro atoms. The van der Waals surface area contributed by atoms with Crippen molar-refractivity contribution in [2.75, 3.05) is 13.2 Å². The van der Waals surface area contributed by atoms with Gasteiger partial charge in [0.25, 0.3) is 5.91 Å². The third-order valence-electron chi connectivity index (χ3n) is 5.25. The molecule has 0 saturated carbocycles. The maximum absolute atomic E-state index is 12.9. The summed E-state index contributed by atoms with van der Waals surface area (Å²) in [6.45, 7) is 7.82. The van der Waals surface area contributed by atoms with Crippen LogP contribution in [0.15, 0.2) is 48.5 Å². The summed E-state index contributed by atoms with van der Waals surface area (Å²) in [5.74, 6) is 0.189. The topological polar surface area (TPSA) is 78.9 Å². The fourth-order valence-corrected chi connectivity index (χ4v) is 3.47. The van der Waals surface area contributed by atoms with Gasteiger partial charge in [0.1, 0.15) is 24.0 Å². The minimum atomic E-state index is -1.20. The van der Waals surface area contributed by atoms with Crippen molar-refractivity contribution in [1.82, 2.24) is 10.2 Å². The Morgan fingerprint density at radius 2 is 1.70 bits per heavy atom. The molecule has 160 valence electrons. The fourth-order valence-electron chi connectivity index (χ4n) is 3.35. The van der Waals surface area contributed by atoms with Crippen LogP contribution in [0.1, 0.15) is 38.8 Å². The molecule has 0 aromatic heterocycles. The molecule has 2 unspecified atom stereocenters. The number of nitrogens with one attached hydrogen (secondary N) is 1. The second-order valence-corrected chi connectivity index (χ2v) is 9.15. The van der Waals surface area contributed by atoms with Gasteiger partial charge >= 0.3 is 6.03 Å². The third kappa shape index (κ3) is 4.60. The van der Waals surface area contributed by atoms with Crippen LogP contribution < -0.4 is 10.1 Å². The van der Waals surface area contributed by atoms with Crippen LogP contribution in [-0.4, -0.2) is 41.2 Å². The molecular weight excluding hydrogens is 404 g/mol. The van der Waals surface area contributed by atoms with E-state index in [9.17, 15) is 14.7 Å². The summed E-state index contributed by atoms with van der Waals surface area (Å²) in [4.78, 5) is 26.3. The van der Waals surface area contributed by atoms with E-state index in [2.05, 4.69) is 26.1 Å². The van der Waals surface area contributed by atoms with Gasteiger partial charge in [0.15, 0.2) is 0 Å². The molecule has 1 aliphatic rings. The number of nitrogens with zero attached hydrogens (tertiary/aromatic N) is 1. The molecular formula is C23H27ClN2O4. The van der Waals surface area contributed by atoms with Gasteiger partial charge in [0, 0.05) is 5.02 Å². The standard InChI is InChI=1S/C23H27ClN2O4/c1-22(2,3)15-7-11-19(12-8-15)30-14-18(27)13-26-20(28)23(4,25-21(26)29)16-5-9-17(24)10-6-16/h5-12,18,27H,13-14H2,1-4H3,(H,25,29). The maximum Gasteiger partial charge on any atom is 0.325 e. The number of benzene rings is 2. The number of hydrogen-bond donors (Lipinski definition) is 2. The number of imide groups is 1. The number of urea groups is 1. The third-order valence-corrected chi connectivity index (χ3v) is 5.50. The van der Waals surface area contributed by atoms with Crippen LogP contribution in [0.3, 0.4) is 0 Å². The van der Waals surface area contributed by atoms with E-state index < -0.39 is 23.6 Å². The summed E-state index contributed by atoms with van der Waals surface area (Å²) in [7, 11) is 0. The zero-order valence-corrected chi connectivity index (χ0v) is 18.4. The van der Waals surface area contributed by atoms with Gasteiger partial charge in [0.2, 0.25) is 0 Å². The van der Waals surface area contributed by atoms with E-state index >= 15 is 0 Å². The van der Waals surface area contributed by atoms with Crippen LogP contribution in [0.5, 0.6) is 5.75 Å². The van der Waals surface area contributed by atoms with Crippen molar-refractivity contribution in [3.05, 3.63) is 64.7 Å². The van der Waals surface area contributed by atoms with Gasteiger partial charge in [-0.05, 0) is 47.7 Å². The van der Waals surface area contributed by atoms with Gasteiger partial charge in [-0.1, -0.05) is 56.6 Å². The number of β-amino-alcohol motifs (C(OH)–C–C–N with tert-alkyl or cyclic N) is 1. The molecule has 0 bridgehead atoms. The second kappa shape index (κ2) is 8.28. The molecule has 30 heavy (non-hydrogen) atoms. The highest BCUT2D eigenvalue weighted by molar-refractivity contribution is 6.30. The SMILES string of the molecule is CC(C)(C)c1ccc(OCC(O)CN2C(=O)NC(C)(c3ccc(Cl)cc3)C2=O)cc1. The average Bonchev–Trinajstić information content (AvgIpc) is 2.90.